The van der Waals surface area contributed by atoms with Gasteiger partial charge in [-0.3, -0.25) is 9.88 Å². The third kappa shape index (κ3) is 2.88. The molecule has 2 N–H and O–H groups in total. The van der Waals surface area contributed by atoms with Crippen LogP contribution >= 0.6 is 0 Å². The standard InChI is InChI=1S/C14H23N3O/c1-11(12-4-3-6-16-10-12)17-7-5-14(18-2)8-13(17)9-15/h3-4,6,10-11,13-14H,5,7-9,15H2,1-2H3. The zero-order chi connectivity index (χ0) is 13.0. The smallest absolute Gasteiger partial charge is 0.0599 e. The monoisotopic (exact) mass is 249 g/mol. The number of piperidine rings is 1. The highest BCUT2D eigenvalue weighted by Gasteiger charge is 2.30. The number of nitrogens with zero attached hydrogens (tertiary/aromatic N) is 2. The second-order valence-corrected chi connectivity index (χ2v) is 4.97. The van der Waals surface area contributed by atoms with Crippen molar-refractivity contribution < 1.29 is 4.74 Å². The molecule has 1 fully saturated rings. The fourth-order valence-electron chi connectivity index (χ4n) is 2.80. The van der Waals surface area contributed by atoms with Crippen molar-refractivity contribution in [1.29, 1.82) is 0 Å². The normalized spacial score (nSPS) is 27.1. The molecular formula is C14H23N3O. The number of nitrogens with two attached hydrogens (primary N) is 1. The van der Waals surface area contributed by atoms with Crippen molar-refractivity contribution in [2.45, 2.75) is 38.0 Å². The van der Waals surface area contributed by atoms with Crippen molar-refractivity contribution in [1.82, 2.24) is 9.88 Å². The molecule has 2 heterocycles. The van der Waals surface area contributed by atoms with E-state index < -0.39 is 0 Å². The van der Waals surface area contributed by atoms with Crippen LogP contribution in [0.3, 0.4) is 0 Å². The summed E-state index contributed by atoms with van der Waals surface area (Å²) < 4.78 is 5.46. The highest BCUT2D eigenvalue weighted by Crippen LogP contribution is 2.28. The predicted octanol–water partition coefficient (Wildman–Crippen LogP) is 1.58. The lowest BCUT2D eigenvalue weighted by Crippen LogP contribution is -2.49. The molecule has 0 aliphatic carbocycles. The van der Waals surface area contributed by atoms with Crippen LogP contribution in [0.4, 0.5) is 0 Å². The van der Waals surface area contributed by atoms with Gasteiger partial charge in [0.05, 0.1) is 6.10 Å². The van der Waals surface area contributed by atoms with E-state index in [-0.39, 0.29) is 0 Å². The van der Waals surface area contributed by atoms with E-state index in [2.05, 4.69) is 22.9 Å². The average Bonchev–Trinajstić information content (AvgIpc) is 2.46. The molecule has 1 aromatic heterocycles. The number of likely N-dealkylation sites (tertiary alicyclic amines) is 1. The van der Waals surface area contributed by atoms with E-state index in [9.17, 15) is 0 Å². The minimum Gasteiger partial charge on any atom is -0.381 e. The topological polar surface area (TPSA) is 51.4 Å². The van der Waals surface area contributed by atoms with Gasteiger partial charge in [0, 0.05) is 44.7 Å². The first-order valence-corrected chi connectivity index (χ1v) is 6.64. The van der Waals surface area contributed by atoms with Crippen LogP contribution in [-0.4, -0.2) is 42.2 Å². The largest absolute Gasteiger partial charge is 0.381 e. The first-order chi connectivity index (χ1) is 8.76. The van der Waals surface area contributed by atoms with Gasteiger partial charge in [-0.1, -0.05) is 6.07 Å². The number of hydrogen-bond donors (Lipinski definition) is 1. The molecule has 18 heavy (non-hydrogen) atoms. The molecule has 0 spiro atoms. The van der Waals surface area contributed by atoms with Crippen LogP contribution in [-0.2, 0) is 4.74 Å². The maximum atomic E-state index is 5.91. The van der Waals surface area contributed by atoms with E-state index in [0.717, 1.165) is 19.4 Å². The van der Waals surface area contributed by atoms with Crippen LogP contribution < -0.4 is 5.73 Å². The van der Waals surface area contributed by atoms with E-state index in [1.54, 1.807) is 7.11 Å². The average molecular weight is 249 g/mol. The van der Waals surface area contributed by atoms with E-state index in [1.165, 1.54) is 5.56 Å². The summed E-state index contributed by atoms with van der Waals surface area (Å²) in [6.07, 6.45) is 6.22. The van der Waals surface area contributed by atoms with Gasteiger partial charge in [-0.25, -0.2) is 0 Å². The van der Waals surface area contributed by atoms with Gasteiger partial charge in [0.25, 0.3) is 0 Å². The second kappa shape index (κ2) is 6.27. The summed E-state index contributed by atoms with van der Waals surface area (Å²) >= 11 is 0. The molecular weight excluding hydrogens is 226 g/mol. The lowest BCUT2D eigenvalue weighted by atomic mass is 9.95. The third-order valence-corrected chi connectivity index (χ3v) is 3.98. The van der Waals surface area contributed by atoms with Gasteiger partial charge in [-0.15, -0.1) is 0 Å². The quantitative estimate of drug-likeness (QED) is 0.880. The Morgan fingerprint density at radius 1 is 1.61 bits per heavy atom. The van der Waals surface area contributed by atoms with Crippen molar-refractivity contribution in [2.75, 3.05) is 20.2 Å². The van der Waals surface area contributed by atoms with E-state index in [1.807, 2.05) is 18.5 Å². The molecule has 3 atom stereocenters. The molecule has 4 heteroatoms. The van der Waals surface area contributed by atoms with Gasteiger partial charge in [-0.2, -0.15) is 0 Å². The van der Waals surface area contributed by atoms with E-state index in [4.69, 9.17) is 10.5 Å². The number of rotatable bonds is 4. The first kappa shape index (κ1) is 13.5. The Hall–Kier alpha value is -0.970. The highest BCUT2D eigenvalue weighted by atomic mass is 16.5. The van der Waals surface area contributed by atoms with E-state index >= 15 is 0 Å². The lowest BCUT2D eigenvalue weighted by Gasteiger charge is -2.42. The first-order valence-electron chi connectivity index (χ1n) is 6.64. The summed E-state index contributed by atoms with van der Waals surface area (Å²) in [7, 11) is 1.79. The van der Waals surface area contributed by atoms with Gasteiger partial charge in [0.15, 0.2) is 0 Å². The van der Waals surface area contributed by atoms with Crippen LogP contribution in [0.15, 0.2) is 24.5 Å². The SMILES string of the molecule is COC1CCN(C(C)c2cccnc2)C(CN)C1. The zero-order valence-corrected chi connectivity index (χ0v) is 11.2. The molecule has 0 radical (unpaired) electrons. The number of hydrogen-bond acceptors (Lipinski definition) is 4. The number of ether oxygens (including phenoxy) is 1. The number of methoxy groups -OCH3 is 1. The summed E-state index contributed by atoms with van der Waals surface area (Å²) in [6, 6.07) is 4.89. The molecule has 0 amide bonds. The molecule has 100 valence electrons. The molecule has 1 saturated heterocycles. The Morgan fingerprint density at radius 2 is 2.44 bits per heavy atom. The van der Waals surface area contributed by atoms with Crippen LogP contribution in [0, 0.1) is 0 Å². The second-order valence-electron chi connectivity index (χ2n) is 4.97. The molecule has 1 aromatic rings. The maximum Gasteiger partial charge on any atom is 0.0599 e. The van der Waals surface area contributed by atoms with Gasteiger partial charge in [-0.05, 0) is 31.4 Å². The number of aromatic nitrogens is 1. The maximum absolute atomic E-state index is 5.91. The van der Waals surface area contributed by atoms with Crippen molar-refractivity contribution in [2.24, 2.45) is 5.73 Å². The van der Waals surface area contributed by atoms with Gasteiger partial charge in [0.2, 0.25) is 0 Å². The lowest BCUT2D eigenvalue weighted by molar-refractivity contribution is -0.00168. The summed E-state index contributed by atoms with van der Waals surface area (Å²) in [5.74, 6) is 0. The van der Waals surface area contributed by atoms with Gasteiger partial charge < -0.3 is 10.5 Å². The van der Waals surface area contributed by atoms with Crippen LogP contribution in [0.2, 0.25) is 0 Å². The summed E-state index contributed by atoms with van der Waals surface area (Å²) in [4.78, 5) is 6.68. The van der Waals surface area contributed by atoms with Crippen LogP contribution in [0.1, 0.15) is 31.4 Å². The molecule has 1 aliphatic rings. The number of pyridine rings is 1. The van der Waals surface area contributed by atoms with Crippen molar-refractivity contribution in [3.63, 3.8) is 0 Å². The van der Waals surface area contributed by atoms with Crippen molar-refractivity contribution in [3.8, 4) is 0 Å². The predicted molar refractivity (Wildman–Crippen MR) is 72.2 cm³/mol. The molecule has 4 nitrogen and oxygen atoms in total. The minimum atomic E-state index is 0.357. The molecule has 0 saturated carbocycles. The molecule has 3 unspecified atom stereocenters. The highest BCUT2D eigenvalue weighted by molar-refractivity contribution is 5.14. The van der Waals surface area contributed by atoms with Gasteiger partial charge >= 0.3 is 0 Å². The summed E-state index contributed by atoms with van der Waals surface area (Å²) in [6.45, 7) is 3.95. The fourth-order valence-corrected chi connectivity index (χ4v) is 2.80. The Morgan fingerprint density at radius 3 is 3.06 bits per heavy atom. The van der Waals surface area contributed by atoms with Crippen LogP contribution in [0.25, 0.3) is 0 Å². The molecule has 2 rings (SSSR count). The Kier molecular flexibility index (Phi) is 4.69. The minimum absolute atomic E-state index is 0.357. The van der Waals surface area contributed by atoms with Crippen molar-refractivity contribution >= 4 is 0 Å². The van der Waals surface area contributed by atoms with Gasteiger partial charge in [0.1, 0.15) is 0 Å². The summed E-state index contributed by atoms with van der Waals surface area (Å²) in [5.41, 5.74) is 7.17. The van der Waals surface area contributed by atoms with E-state index in [0.29, 0.717) is 24.7 Å². The Bertz CT molecular complexity index is 357. The molecule has 1 aliphatic heterocycles. The summed E-state index contributed by atoms with van der Waals surface area (Å²) in [5, 5.41) is 0. The molecule has 0 aromatic carbocycles. The Balaban J connectivity index is 2.07. The third-order valence-electron chi connectivity index (χ3n) is 3.98. The van der Waals surface area contributed by atoms with Crippen molar-refractivity contribution in [3.05, 3.63) is 30.1 Å². The fraction of sp³-hybridized carbons (Fsp3) is 0.643. The Labute approximate surface area is 109 Å². The van der Waals surface area contributed by atoms with Crippen LogP contribution in [0.5, 0.6) is 0 Å². The zero-order valence-electron chi connectivity index (χ0n) is 11.2. The molecule has 0 bridgehead atoms.